The molecule has 2 aromatic heterocycles. The van der Waals surface area contributed by atoms with Gasteiger partial charge in [-0.25, -0.2) is 9.97 Å². The normalized spacial score (nSPS) is 12.3. The summed E-state index contributed by atoms with van der Waals surface area (Å²) in [4.78, 5) is 18.9. The minimum absolute atomic E-state index is 0.0683. The van der Waals surface area contributed by atoms with Crippen molar-refractivity contribution in [3.05, 3.63) is 57.0 Å². The van der Waals surface area contributed by atoms with Gasteiger partial charge < -0.3 is 10.4 Å². The topological polar surface area (TPSA) is 213 Å². The molecule has 0 unspecified atom stereocenters. The van der Waals surface area contributed by atoms with Crippen LogP contribution in [0.2, 0.25) is 5.02 Å². The molecule has 0 fully saturated rings. The number of rotatable bonds is 7. The van der Waals surface area contributed by atoms with Crippen molar-refractivity contribution in [2.75, 3.05) is 5.32 Å². The molecule has 2 heterocycles. The molecule has 0 aliphatic heterocycles. The Morgan fingerprint density at radius 3 is 2.44 bits per heavy atom. The Morgan fingerprint density at radius 1 is 1.17 bits per heavy atom. The molecule has 0 bridgehead atoms. The highest BCUT2D eigenvalue weighted by atomic mass is 35.5. The lowest BCUT2D eigenvalue weighted by molar-refractivity contribution is 0.415. The van der Waals surface area contributed by atoms with Crippen molar-refractivity contribution in [1.29, 1.82) is 0 Å². The maximum absolute atomic E-state index is 13.6. The average molecular weight is 563 g/mol. The van der Waals surface area contributed by atoms with Crippen molar-refractivity contribution in [3.8, 4) is 5.88 Å². The molecule has 0 atom stereocenters. The van der Waals surface area contributed by atoms with Gasteiger partial charge in [0.15, 0.2) is 17.4 Å². The van der Waals surface area contributed by atoms with E-state index in [0.29, 0.717) is 4.57 Å². The van der Waals surface area contributed by atoms with Gasteiger partial charge in [-0.15, -0.1) is 10.2 Å². The lowest BCUT2D eigenvalue weighted by Gasteiger charge is -2.13. The number of halogens is 2. The predicted octanol–water partition coefficient (Wildman–Crippen LogP) is 2.78. The van der Waals surface area contributed by atoms with Gasteiger partial charge in [0, 0.05) is 18.3 Å². The van der Waals surface area contributed by atoms with Crippen LogP contribution in [-0.4, -0.2) is 45.6 Å². The van der Waals surface area contributed by atoms with Crippen LogP contribution in [0, 0.1) is 12.9 Å². The zero-order valence-electron chi connectivity index (χ0n) is 18.2. The van der Waals surface area contributed by atoms with Crippen molar-refractivity contribution in [2.45, 2.75) is 17.6 Å². The van der Waals surface area contributed by atoms with Crippen LogP contribution in [0.25, 0.3) is 0 Å². The molecule has 0 spiro atoms. The zero-order valence-corrected chi connectivity index (χ0v) is 20.6. The lowest BCUT2D eigenvalue weighted by Crippen LogP contribution is -2.20. The van der Waals surface area contributed by atoms with Gasteiger partial charge in [-0.2, -0.15) is 21.2 Å². The zero-order chi connectivity index (χ0) is 27.0. The summed E-state index contributed by atoms with van der Waals surface area (Å²) in [6.07, 6.45) is 0.879. The highest BCUT2D eigenvalue weighted by Crippen LogP contribution is 2.33. The number of benzene rings is 1. The second-order valence-electron chi connectivity index (χ2n) is 7.18. The van der Waals surface area contributed by atoms with Crippen molar-refractivity contribution < 1.29 is 35.4 Å². The van der Waals surface area contributed by atoms with Gasteiger partial charge in [0.25, 0.3) is 25.8 Å². The SMILES string of the molecule is Cc1c(CS(=O)(=O)O)c(O)n(C)c(=O)c1N=Nc1cc(Nc2ncnc(F)c2Cl)ccc1S(=O)(=O)O. The third-order valence-corrected chi connectivity index (χ3v) is 6.62. The Morgan fingerprint density at radius 2 is 1.83 bits per heavy atom. The van der Waals surface area contributed by atoms with E-state index in [0.717, 1.165) is 25.5 Å². The summed E-state index contributed by atoms with van der Waals surface area (Å²) < 4.78 is 79.3. The van der Waals surface area contributed by atoms with Crippen LogP contribution in [-0.2, 0) is 33.0 Å². The van der Waals surface area contributed by atoms with E-state index in [2.05, 4.69) is 25.5 Å². The number of aromatic nitrogens is 3. The van der Waals surface area contributed by atoms with E-state index in [9.17, 15) is 35.7 Å². The monoisotopic (exact) mass is 562 g/mol. The van der Waals surface area contributed by atoms with Gasteiger partial charge in [0.2, 0.25) is 5.95 Å². The van der Waals surface area contributed by atoms with E-state index in [1.807, 2.05) is 0 Å². The number of hydrogen-bond donors (Lipinski definition) is 4. The molecule has 3 rings (SSSR count). The predicted molar refractivity (Wildman–Crippen MR) is 124 cm³/mol. The van der Waals surface area contributed by atoms with E-state index in [4.69, 9.17) is 16.2 Å². The molecule has 14 nitrogen and oxygen atoms in total. The highest BCUT2D eigenvalue weighted by molar-refractivity contribution is 7.86. The van der Waals surface area contributed by atoms with Crippen molar-refractivity contribution in [3.63, 3.8) is 0 Å². The lowest BCUT2D eigenvalue weighted by atomic mass is 10.1. The molecule has 0 saturated carbocycles. The third kappa shape index (κ3) is 5.82. The largest absolute Gasteiger partial charge is 0.494 e. The van der Waals surface area contributed by atoms with E-state index in [1.54, 1.807) is 0 Å². The summed E-state index contributed by atoms with van der Waals surface area (Å²) >= 11 is 5.79. The molecule has 3 aromatic rings. The molecule has 0 saturated heterocycles. The summed E-state index contributed by atoms with van der Waals surface area (Å²) in [6.45, 7) is 1.23. The Bertz CT molecular complexity index is 1680. The minimum atomic E-state index is -4.84. The van der Waals surface area contributed by atoms with Gasteiger partial charge in [-0.05, 0) is 30.7 Å². The van der Waals surface area contributed by atoms with Crippen LogP contribution >= 0.6 is 11.6 Å². The van der Waals surface area contributed by atoms with Crippen LogP contribution in [0.1, 0.15) is 11.1 Å². The first-order valence-corrected chi connectivity index (χ1v) is 12.9. The Labute approximate surface area is 207 Å². The fourth-order valence-corrected chi connectivity index (χ4v) is 4.43. The van der Waals surface area contributed by atoms with Gasteiger partial charge in [-0.1, -0.05) is 11.6 Å². The van der Waals surface area contributed by atoms with E-state index < -0.39 is 64.7 Å². The molecule has 0 aliphatic rings. The van der Waals surface area contributed by atoms with E-state index >= 15 is 0 Å². The van der Waals surface area contributed by atoms with Crippen LogP contribution in [0.5, 0.6) is 5.88 Å². The molecule has 0 amide bonds. The molecule has 192 valence electrons. The maximum Gasteiger partial charge on any atom is 0.296 e. The van der Waals surface area contributed by atoms with Gasteiger partial charge in [-0.3, -0.25) is 18.5 Å². The third-order valence-electron chi connectivity index (χ3n) is 4.73. The first-order valence-electron chi connectivity index (χ1n) is 9.43. The first-order chi connectivity index (χ1) is 16.6. The molecule has 4 N–H and O–H groups in total. The van der Waals surface area contributed by atoms with Crippen LogP contribution in [0.15, 0.2) is 44.4 Å². The van der Waals surface area contributed by atoms with Crippen molar-refractivity contribution >= 4 is 54.7 Å². The Kier molecular flexibility index (Phi) is 7.42. The van der Waals surface area contributed by atoms with E-state index in [-0.39, 0.29) is 22.6 Å². The minimum Gasteiger partial charge on any atom is -0.494 e. The van der Waals surface area contributed by atoms with Crippen LogP contribution < -0.4 is 10.9 Å². The molecular formula is C18H16ClFN6O8S2. The number of pyridine rings is 1. The summed E-state index contributed by atoms with van der Waals surface area (Å²) in [5.74, 6) is -2.99. The fraction of sp³-hybridized carbons (Fsp3) is 0.167. The molecule has 0 radical (unpaired) electrons. The smallest absolute Gasteiger partial charge is 0.296 e. The average Bonchev–Trinajstić information content (AvgIpc) is 2.77. The van der Waals surface area contributed by atoms with Crippen LogP contribution in [0.4, 0.5) is 27.3 Å². The number of hydrogen-bond acceptors (Lipinski definition) is 11. The first kappa shape index (κ1) is 27.1. The van der Waals surface area contributed by atoms with Gasteiger partial charge >= 0.3 is 0 Å². The van der Waals surface area contributed by atoms with Gasteiger partial charge in [0.05, 0.1) is 0 Å². The standard InChI is InChI=1S/C18H16ClFN6O8S2/c1-8-10(6-35(29,30)31)17(27)26(2)18(28)14(8)25-24-11-5-9(3-4-12(11)36(32,33)34)23-16-13(19)15(20)21-7-22-16/h3-5,7,27H,6H2,1-2H3,(H,21,22,23)(H,29,30,31)(H,32,33,34). The van der Waals surface area contributed by atoms with Crippen molar-refractivity contribution in [2.24, 2.45) is 17.3 Å². The number of anilines is 2. The molecule has 36 heavy (non-hydrogen) atoms. The number of nitrogens with one attached hydrogen (secondary N) is 1. The highest BCUT2D eigenvalue weighted by Gasteiger charge is 2.22. The van der Waals surface area contributed by atoms with Crippen LogP contribution in [0.3, 0.4) is 0 Å². The fourth-order valence-electron chi connectivity index (χ4n) is 2.97. The summed E-state index contributed by atoms with van der Waals surface area (Å²) in [5.41, 5.74) is -2.35. The second-order valence-corrected chi connectivity index (χ2v) is 10.4. The number of nitrogens with zero attached hydrogens (tertiary/aromatic N) is 5. The summed E-state index contributed by atoms with van der Waals surface area (Å²) in [5, 5.41) is 19.7. The molecular weight excluding hydrogens is 547 g/mol. The van der Waals surface area contributed by atoms with E-state index in [1.165, 1.54) is 13.0 Å². The molecule has 1 aromatic carbocycles. The number of azo groups is 1. The molecule has 0 aliphatic carbocycles. The summed E-state index contributed by atoms with van der Waals surface area (Å²) in [6, 6.07) is 3.17. The summed E-state index contributed by atoms with van der Waals surface area (Å²) in [7, 11) is -8.36. The molecule has 18 heteroatoms. The van der Waals surface area contributed by atoms with Gasteiger partial charge in [0.1, 0.15) is 27.7 Å². The Balaban J connectivity index is 2.16. The van der Waals surface area contributed by atoms with Crippen molar-refractivity contribution in [1.82, 2.24) is 14.5 Å². The Hall–Kier alpha value is -3.51. The maximum atomic E-state index is 13.6. The number of aromatic hydroxyl groups is 1. The quantitative estimate of drug-likeness (QED) is 0.186. The second kappa shape index (κ2) is 9.86.